The number of hydrogen-bond donors (Lipinski definition) is 1. The van der Waals surface area contributed by atoms with E-state index < -0.39 is 11.5 Å². The molecule has 0 unspecified atom stereocenters. The van der Waals surface area contributed by atoms with Crippen LogP contribution in [0.15, 0.2) is 18.2 Å². The molecule has 88 valence electrons. The lowest BCUT2D eigenvalue weighted by atomic mass is 9.91. The van der Waals surface area contributed by atoms with Gasteiger partial charge in [-0.05, 0) is 33.2 Å². The largest absolute Gasteiger partial charge is 0.480 e. The lowest BCUT2D eigenvalue weighted by Crippen LogP contribution is -2.45. The maximum absolute atomic E-state index is 11.4. The zero-order valence-corrected chi connectivity index (χ0v) is 10.8. The average Bonchev–Trinajstić information content (AvgIpc) is 2.15. The van der Waals surface area contributed by atoms with Gasteiger partial charge >= 0.3 is 5.97 Å². The molecule has 1 rings (SSSR count). The third-order valence-electron chi connectivity index (χ3n) is 2.77. The van der Waals surface area contributed by atoms with Crippen molar-refractivity contribution in [2.24, 2.45) is 0 Å². The second-order valence-electron chi connectivity index (χ2n) is 3.90. The van der Waals surface area contributed by atoms with Gasteiger partial charge in [0.05, 0.1) is 0 Å². The fraction of sp³-hybridized carbons (Fsp3) is 0.364. The van der Waals surface area contributed by atoms with Crippen molar-refractivity contribution in [3.05, 3.63) is 33.8 Å². The van der Waals surface area contributed by atoms with Gasteiger partial charge in [-0.2, -0.15) is 0 Å². The summed E-state index contributed by atoms with van der Waals surface area (Å²) in [6, 6.07) is 4.81. The summed E-state index contributed by atoms with van der Waals surface area (Å²) in [4.78, 5) is 13.0. The van der Waals surface area contributed by atoms with Crippen LogP contribution in [-0.4, -0.2) is 30.1 Å². The van der Waals surface area contributed by atoms with Gasteiger partial charge in [-0.25, -0.2) is 4.79 Å². The van der Waals surface area contributed by atoms with Crippen molar-refractivity contribution in [3.8, 4) is 0 Å². The minimum atomic E-state index is -1.17. The lowest BCUT2D eigenvalue weighted by Gasteiger charge is -2.33. The molecule has 3 nitrogen and oxygen atoms in total. The van der Waals surface area contributed by atoms with Crippen molar-refractivity contribution in [2.75, 3.05) is 14.1 Å². The summed E-state index contributed by atoms with van der Waals surface area (Å²) in [5.41, 5.74) is -0.641. The highest BCUT2D eigenvalue weighted by Crippen LogP contribution is 2.33. The van der Waals surface area contributed by atoms with Crippen LogP contribution in [0.4, 0.5) is 0 Å². The number of nitrogens with zero attached hydrogens (tertiary/aromatic N) is 1. The van der Waals surface area contributed by atoms with Gasteiger partial charge in [0.1, 0.15) is 5.54 Å². The van der Waals surface area contributed by atoms with Crippen LogP contribution >= 0.6 is 23.2 Å². The highest BCUT2D eigenvalue weighted by molar-refractivity contribution is 6.35. The SMILES string of the molecule is CN(C)[C@](C)(C(=O)O)c1ccc(Cl)cc1Cl. The van der Waals surface area contributed by atoms with Crippen LogP contribution in [0.2, 0.25) is 10.0 Å². The first kappa shape index (κ1) is 13.3. The minimum Gasteiger partial charge on any atom is -0.480 e. The predicted octanol–water partition coefficient (Wildman–Crippen LogP) is 2.85. The summed E-state index contributed by atoms with van der Waals surface area (Å²) in [7, 11) is 3.39. The second-order valence-corrected chi connectivity index (χ2v) is 4.74. The molecule has 0 amide bonds. The molecule has 0 fully saturated rings. The van der Waals surface area contributed by atoms with E-state index in [9.17, 15) is 9.90 Å². The predicted molar refractivity (Wildman–Crippen MR) is 65.1 cm³/mol. The molecule has 0 aliphatic carbocycles. The normalized spacial score (nSPS) is 14.9. The molecule has 0 heterocycles. The fourth-order valence-electron chi connectivity index (χ4n) is 1.43. The molecule has 0 aliphatic rings. The number of carboxylic acid groups (broad SMARTS) is 1. The summed E-state index contributed by atoms with van der Waals surface area (Å²) in [5.74, 6) is -0.957. The third-order valence-corrected chi connectivity index (χ3v) is 3.31. The van der Waals surface area contributed by atoms with Crippen molar-refractivity contribution >= 4 is 29.2 Å². The van der Waals surface area contributed by atoms with E-state index in [0.29, 0.717) is 15.6 Å². The van der Waals surface area contributed by atoms with Crippen LogP contribution in [0.25, 0.3) is 0 Å². The van der Waals surface area contributed by atoms with Crippen LogP contribution in [0.3, 0.4) is 0 Å². The molecule has 0 saturated heterocycles. The number of hydrogen-bond acceptors (Lipinski definition) is 2. The topological polar surface area (TPSA) is 40.5 Å². The van der Waals surface area contributed by atoms with Crippen LogP contribution in [0, 0.1) is 0 Å². The Kier molecular flexibility index (Phi) is 3.84. The molecule has 1 atom stereocenters. The van der Waals surface area contributed by atoms with E-state index in [1.54, 1.807) is 44.1 Å². The number of carbonyl (C=O) groups is 1. The Morgan fingerprint density at radius 2 is 1.94 bits per heavy atom. The average molecular weight is 262 g/mol. The zero-order valence-electron chi connectivity index (χ0n) is 9.29. The number of rotatable bonds is 3. The molecule has 1 aromatic carbocycles. The van der Waals surface area contributed by atoms with E-state index >= 15 is 0 Å². The van der Waals surface area contributed by atoms with E-state index in [0.717, 1.165) is 0 Å². The number of benzene rings is 1. The molecule has 16 heavy (non-hydrogen) atoms. The molecular formula is C11H13Cl2NO2. The molecule has 0 bridgehead atoms. The summed E-state index contributed by atoms with van der Waals surface area (Å²) >= 11 is 11.8. The highest BCUT2D eigenvalue weighted by Gasteiger charge is 2.39. The van der Waals surface area contributed by atoms with Crippen LogP contribution < -0.4 is 0 Å². The second kappa shape index (κ2) is 4.62. The van der Waals surface area contributed by atoms with Crippen LogP contribution in [-0.2, 0) is 10.3 Å². The summed E-state index contributed by atoms with van der Waals surface area (Å²) in [6.07, 6.45) is 0. The summed E-state index contributed by atoms with van der Waals surface area (Å²) < 4.78 is 0. The van der Waals surface area contributed by atoms with E-state index in [2.05, 4.69) is 0 Å². The molecule has 0 spiro atoms. The van der Waals surface area contributed by atoms with Crippen molar-refractivity contribution in [1.29, 1.82) is 0 Å². The first-order valence-electron chi connectivity index (χ1n) is 4.66. The number of likely N-dealkylation sites (N-methyl/N-ethyl adjacent to an activating group) is 1. The van der Waals surface area contributed by atoms with Crippen LogP contribution in [0.1, 0.15) is 12.5 Å². The van der Waals surface area contributed by atoms with E-state index in [4.69, 9.17) is 23.2 Å². The van der Waals surface area contributed by atoms with Crippen molar-refractivity contribution < 1.29 is 9.90 Å². The Hall–Kier alpha value is -0.770. The molecule has 1 N–H and O–H groups in total. The maximum Gasteiger partial charge on any atom is 0.328 e. The van der Waals surface area contributed by atoms with E-state index in [-0.39, 0.29) is 0 Å². The summed E-state index contributed by atoms with van der Waals surface area (Å²) in [6.45, 7) is 1.60. The van der Waals surface area contributed by atoms with Gasteiger partial charge in [0, 0.05) is 15.6 Å². The fourth-order valence-corrected chi connectivity index (χ4v) is 2.02. The smallest absolute Gasteiger partial charge is 0.328 e. The first-order valence-corrected chi connectivity index (χ1v) is 5.42. The Morgan fingerprint density at radius 3 is 2.31 bits per heavy atom. The van der Waals surface area contributed by atoms with E-state index in [1.165, 1.54) is 0 Å². The number of aliphatic carboxylic acids is 1. The van der Waals surface area contributed by atoms with Gasteiger partial charge in [0.2, 0.25) is 0 Å². The van der Waals surface area contributed by atoms with Gasteiger partial charge in [-0.1, -0.05) is 29.3 Å². The molecule has 0 radical (unpaired) electrons. The zero-order chi connectivity index (χ0) is 12.5. The molecule has 1 aromatic rings. The maximum atomic E-state index is 11.4. The minimum absolute atomic E-state index is 0.353. The third kappa shape index (κ3) is 2.17. The lowest BCUT2D eigenvalue weighted by molar-refractivity contribution is -0.149. The first-order chi connectivity index (χ1) is 7.30. The van der Waals surface area contributed by atoms with E-state index in [1.807, 2.05) is 0 Å². The summed E-state index contributed by atoms with van der Waals surface area (Å²) in [5, 5.41) is 10.2. The van der Waals surface area contributed by atoms with Crippen molar-refractivity contribution in [1.82, 2.24) is 4.90 Å². The molecule has 5 heteroatoms. The Balaban J connectivity index is 3.38. The van der Waals surface area contributed by atoms with Gasteiger partial charge in [-0.15, -0.1) is 0 Å². The molecular weight excluding hydrogens is 249 g/mol. The molecule has 0 aliphatic heterocycles. The highest BCUT2D eigenvalue weighted by atomic mass is 35.5. The number of halogens is 2. The molecule has 0 saturated carbocycles. The van der Waals surface area contributed by atoms with Gasteiger partial charge in [0.25, 0.3) is 0 Å². The van der Waals surface area contributed by atoms with Gasteiger partial charge in [0.15, 0.2) is 0 Å². The Bertz CT molecular complexity index is 420. The van der Waals surface area contributed by atoms with Gasteiger partial charge in [-0.3, -0.25) is 4.90 Å². The monoisotopic (exact) mass is 261 g/mol. The van der Waals surface area contributed by atoms with Crippen LogP contribution in [0.5, 0.6) is 0 Å². The number of carboxylic acids is 1. The molecule has 0 aromatic heterocycles. The van der Waals surface area contributed by atoms with Crippen molar-refractivity contribution in [3.63, 3.8) is 0 Å². The van der Waals surface area contributed by atoms with Crippen molar-refractivity contribution in [2.45, 2.75) is 12.5 Å². The Morgan fingerprint density at radius 1 is 1.38 bits per heavy atom. The standard InChI is InChI=1S/C11H13Cl2NO2/c1-11(10(15)16,14(2)3)8-5-4-7(12)6-9(8)13/h4-6H,1-3H3,(H,15,16)/t11-/m0/s1. The quantitative estimate of drug-likeness (QED) is 0.910. The van der Waals surface area contributed by atoms with Gasteiger partial charge < -0.3 is 5.11 Å². The Labute approximate surface area is 105 Å².